The predicted octanol–water partition coefficient (Wildman–Crippen LogP) is 8.96. The maximum atomic E-state index is 15.3. The molecule has 1 heterocycles. The molecule has 31 heavy (non-hydrogen) atoms. The van der Waals surface area contributed by atoms with E-state index in [0.717, 1.165) is 29.0 Å². The van der Waals surface area contributed by atoms with Gasteiger partial charge in [-0.1, -0.05) is 73.9 Å². The topological polar surface area (TPSA) is 18.5 Å². The van der Waals surface area contributed by atoms with Crippen LogP contribution in [-0.4, -0.2) is 0 Å². The maximum absolute atomic E-state index is 15.3. The summed E-state index contributed by atoms with van der Waals surface area (Å²) < 4.78 is 27.3. The van der Waals surface area contributed by atoms with Crippen LogP contribution in [-0.2, 0) is 6.42 Å². The molecule has 2 saturated carbocycles. The number of hydrogen-bond donors (Lipinski definition) is 0. The van der Waals surface area contributed by atoms with Crippen molar-refractivity contribution in [3.63, 3.8) is 0 Å². The Labute approximate surface area is 187 Å². The van der Waals surface area contributed by atoms with Gasteiger partial charge in [0.15, 0.2) is 0 Å². The molecule has 0 N–H and O–H groups in total. The van der Waals surface area contributed by atoms with Crippen LogP contribution >= 0.6 is 8.69 Å². The van der Waals surface area contributed by atoms with Crippen molar-refractivity contribution in [1.82, 2.24) is 0 Å². The molecule has 2 fully saturated rings. The first-order valence-electron chi connectivity index (χ1n) is 12.2. The van der Waals surface area contributed by atoms with Gasteiger partial charge in [-0.3, -0.25) is 0 Å². The predicted molar refractivity (Wildman–Crippen MR) is 126 cm³/mol. The van der Waals surface area contributed by atoms with Crippen molar-refractivity contribution < 1.29 is 13.2 Å². The molecule has 0 saturated heterocycles. The lowest BCUT2D eigenvalue weighted by atomic mass is 9.80. The van der Waals surface area contributed by atoms with E-state index in [9.17, 15) is 0 Å². The van der Waals surface area contributed by atoms with Gasteiger partial charge in [0.2, 0.25) is 0 Å². The normalized spacial score (nSPS) is 20.7. The summed E-state index contributed by atoms with van der Waals surface area (Å²) in [6, 6.07) is 8.85. The van der Waals surface area contributed by atoms with E-state index < -0.39 is 8.69 Å². The highest BCUT2D eigenvalue weighted by molar-refractivity contribution is 7.42. The molecule has 0 atom stereocenters. The van der Waals surface area contributed by atoms with Crippen LogP contribution in [0.25, 0.3) is 0 Å². The molecule has 3 aliphatic rings. The van der Waals surface area contributed by atoms with E-state index in [-0.39, 0.29) is 0 Å². The average molecular weight is 441 g/mol. The molecule has 2 aromatic carbocycles. The Morgan fingerprint density at radius 1 is 0.677 bits per heavy atom. The van der Waals surface area contributed by atoms with Gasteiger partial charge in [0, 0.05) is 6.42 Å². The molecular weight excluding hydrogens is 406 g/mol. The lowest BCUT2D eigenvalue weighted by molar-refractivity contribution is 0.396. The summed E-state index contributed by atoms with van der Waals surface area (Å²) >= 11 is 0. The number of hydrogen-bond acceptors (Lipinski definition) is 2. The van der Waals surface area contributed by atoms with E-state index in [4.69, 9.17) is 9.05 Å². The van der Waals surface area contributed by atoms with E-state index in [1.807, 2.05) is 0 Å². The van der Waals surface area contributed by atoms with Crippen LogP contribution in [0.2, 0.25) is 0 Å². The second-order valence-corrected chi connectivity index (χ2v) is 10.7. The molecule has 0 amide bonds. The highest BCUT2D eigenvalue weighted by atomic mass is 31.2. The van der Waals surface area contributed by atoms with Crippen LogP contribution in [0.4, 0.5) is 4.20 Å². The van der Waals surface area contributed by atoms with Gasteiger partial charge in [-0.05, 0) is 73.6 Å². The Morgan fingerprint density at radius 3 is 1.52 bits per heavy atom. The van der Waals surface area contributed by atoms with Crippen LogP contribution in [0.15, 0.2) is 24.3 Å². The molecule has 2 aliphatic carbocycles. The molecule has 4 heteroatoms. The van der Waals surface area contributed by atoms with Crippen LogP contribution < -0.4 is 9.05 Å². The fourth-order valence-electron chi connectivity index (χ4n) is 6.04. The second-order valence-electron chi connectivity index (χ2n) is 9.93. The largest absolute Gasteiger partial charge is 0.505 e. The van der Waals surface area contributed by atoms with Crippen molar-refractivity contribution in [2.24, 2.45) is 0 Å². The van der Waals surface area contributed by atoms with Gasteiger partial charge < -0.3 is 9.05 Å². The first-order valence-corrected chi connectivity index (χ1v) is 13.2. The van der Waals surface area contributed by atoms with Crippen LogP contribution in [0, 0.1) is 13.8 Å². The molecule has 0 radical (unpaired) electrons. The summed E-state index contributed by atoms with van der Waals surface area (Å²) in [7, 11) is -2.50. The summed E-state index contributed by atoms with van der Waals surface area (Å²) in [5.41, 5.74) is 7.13. The van der Waals surface area contributed by atoms with E-state index in [2.05, 4.69) is 38.1 Å². The number of rotatable bonds is 2. The van der Waals surface area contributed by atoms with E-state index >= 15 is 4.20 Å². The Morgan fingerprint density at radius 2 is 1.10 bits per heavy atom. The van der Waals surface area contributed by atoms with E-state index in [0.29, 0.717) is 11.8 Å². The average Bonchev–Trinajstić information content (AvgIpc) is 2.77. The highest BCUT2D eigenvalue weighted by Crippen LogP contribution is 2.53. The molecule has 0 aromatic heterocycles. The lowest BCUT2D eigenvalue weighted by Gasteiger charge is -2.30. The Balaban J connectivity index is 1.59. The van der Waals surface area contributed by atoms with Crippen molar-refractivity contribution in [1.29, 1.82) is 0 Å². The first-order chi connectivity index (χ1) is 15.1. The monoisotopic (exact) mass is 440 g/mol. The summed E-state index contributed by atoms with van der Waals surface area (Å²) in [6.45, 7) is 4.31. The third kappa shape index (κ3) is 4.49. The number of halogens is 1. The van der Waals surface area contributed by atoms with Crippen molar-refractivity contribution in [2.75, 3.05) is 0 Å². The van der Waals surface area contributed by atoms with Gasteiger partial charge in [-0.25, -0.2) is 0 Å². The Bertz CT molecular complexity index is 869. The summed E-state index contributed by atoms with van der Waals surface area (Å²) in [6.07, 6.45) is 13.1. The van der Waals surface area contributed by atoms with E-state index in [1.54, 1.807) is 0 Å². The molecule has 2 aromatic rings. The number of fused-ring (bicyclic) bond motifs is 2. The zero-order valence-electron chi connectivity index (χ0n) is 18.9. The van der Waals surface area contributed by atoms with Crippen LogP contribution in [0.3, 0.4) is 0 Å². The Kier molecular flexibility index (Phi) is 6.24. The fraction of sp³-hybridized carbons (Fsp3) is 0.556. The fourth-order valence-corrected chi connectivity index (χ4v) is 6.81. The van der Waals surface area contributed by atoms with Gasteiger partial charge >= 0.3 is 8.69 Å². The molecule has 1 aliphatic heterocycles. The van der Waals surface area contributed by atoms with Gasteiger partial charge in [-0.2, -0.15) is 0 Å². The number of benzene rings is 2. The van der Waals surface area contributed by atoms with Gasteiger partial charge in [-0.15, -0.1) is 4.20 Å². The maximum Gasteiger partial charge on any atom is 0.505 e. The second kappa shape index (κ2) is 9.10. The summed E-state index contributed by atoms with van der Waals surface area (Å²) in [5, 5.41) is 0. The highest BCUT2D eigenvalue weighted by Gasteiger charge is 2.31. The minimum absolute atomic E-state index is 0.472. The summed E-state index contributed by atoms with van der Waals surface area (Å²) in [5.74, 6) is 2.47. The van der Waals surface area contributed by atoms with Crippen molar-refractivity contribution in [2.45, 2.75) is 96.3 Å². The minimum Gasteiger partial charge on any atom is -0.414 e. The van der Waals surface area contributed by atoms with Gasteiger partial charge in [0.05, 0.1) is 0 Å². The van der Waals surface area contributed by atoms with Crippen LogP contribution in [0.1, 0.15) is 109 Å². The minimum atomic E-state index is -2.50. The molecule has 2 nitrogen and oxygen atoms in total. The van der Waals surface area contributed by atoms with Crippen molar-refractivity contribution in [3.05, 3.63) is 57.6 Å². The standard InChI is InChI=1S/C27H34FO2P/c1-18-13-22-17-23-14-19(2)16-25(21-11-7-4-8-12-21)27(23)30-31(28)29-26(22)24(15-18)20-9-5-3-6-10-20/h13-16,20-21H,3-12,17H2,1-2H3. The zero-order valence-corrected chi connectivity index (χ0v) is 19.8. The quantitative estimate of drug-likeness (QED) is 0.434. The molecule has 5 rings (SSSR count). The molecule has 0 unspecified atom stereocenters. The summed E-state index contributed by atoms with van der Waals surface area (Å²) in [4.78, 5) is 0. The Hall–Kier alpha value is -1.60. The third-order valence-electron chi connectivity index (χ3n) is 7.47. The van der Waals surface area contributed by atoms with E-state index in [1.165, 1.54) is 86.5 Å². The van der Waals surface area contributed by atoms with Crippen LogP contribution in [0.5, 0.6) is 11.5 Å². The molecule has 166 valence electrons. The zero-order chi connectivity index (χ0) is 21.4. The molecular formula is C27H34FO2P. The lowest BCUT2D eigenvalue weighted by Crippen LogP contribution is -2.13. The van der Waals surface area contributed by atoms with Gasteiger partial charge in [0.25, 0.3) is 0 Å². The first kappa shape index (κ1) is 21.3. The molecule has 0 spiro atoms. The van der Waals surface area contributed by atoms with Crippen molar-refractivity contribution in [3.8, 4) is 11.5 Å². The van der Waals surface area contributed by atoms with Gasteiger partial charge in [0.1, 0.15) is 11.5 Å². The number of aryl methyl sites for hydroxylation is 2. The smallest absolute Gasteiger partial charge is 0.414 e. The third-order valence-corrected chi connectivity index (χ3v) is 8.13. The van der Waals surface area contributed by atoms with Crippen molar-refractivity contribution >= 4 is 8.69 Å². The SMILES string of the molecule is Cc1cc2c(c(C3CCCCC3)c1)OP(F)Oc1c(cc(C)cc1C1CCCCC1)C2. The molecule has 0 bridgehead atoms.